The molecule has 22 heavy (non-hydrogen) atoms. The molecule has 0 radical (unpaired) electrons. The van der Waals surface area contributed by atoms with E-state index in [1.807, 2.05) is 6.92 Å². The molecule has 0 amide bonds. The minimum atomic E-state index is -0.994. The molecule has 0 spiro atoms. The summed E-state index contributed by atoms with van der Waals surface area (Å²) < 4.78 is 6.07. The first-order valence-corrected chi connectivity index (χ1v) is 7.23. The van der Waals surface area contributed by atoms with Gasteiger partial charge in [-0.3, -0.25) is 15.0 Å². The lowest BCUT2D eigenvalue weighted by molar-refractivity contribution is -0.130. The van der Waals surface area contributed by atoms with Crippen LogP contribution in [0.15, 0.2) is 12.4 Å². The van der Waals surface area contributed by atoms with Gasteiger partial charge < -0.3 is 14.6 Å². The van der Waals surface area contributed by atoms with Gasteiger partial charge in [0.25, 0.3) is 0 Å². The summed E-state index contributed by atoms with van der Waals surface area (Å²) in [7, 11) is 1.68. The van der Waals surface area contributed by atoms with E-state index in [9.17, 15) is 9.90 Å². The number of methoxy groups -OCH3 is 1. The van der Waals surface area contributed by atoms with Gasteiger partial charge in [-0.1, -0.05) is 0 Å². The summed E-state index contributed by atoms with van der Waals surface area (Å²) in [4.78, 5) is 16.1. The van der Waals surface area contributed by atoms with Crippen molar-refractivity contribution < 1.29 is 19.5 Å². The normalized spacial score (nSPS) is 13.1. The molecule has 0 saturated carbocycles. The highest BCUT2D eigenvalue weighted by atomic mass is 16.7. The maximum absolute atomic E-state index is 10.6. The minimum Gasteiger partial charge on any atom is -0.387 e. The smallest absolute Gasteiger partial charge is 0.144 e. The predicted octanol–water partition coefficient (Wildman–Crippen LogP) is 2.19. The monoisotopic (exact) mass is 315 g/mol. The number of hydrogen-bond donors (Lipinski definition) is 2. The lowest BCUT2D eigenvalue weighted by atomic mass is 9.90. The van der Waals surface area contributed by atoms with Crippen LogP contribution in [0.4, 0.5) is 5.69 Å². The summed E-state index contributed by atoms with van der Waals surface area (Å²) in [6, 6.07) is -0.317. The Morgan fingerprint density at radius 2 is 2.00 bits per heavy atom. The van der Waals surface area contributed by atoms with Crippen LogP contribution in [-0.4, -0.2) is 46.1 Å². The third-order valence-electron chi connectivity index (χ3n) is 3.40. The number of aromatic nitrogens is 2. The van der Waals surface area contributed by atoms with Crippen molar-refractivity contribution in [3.05, 3.63) is 12.4 Å². The van der Waals surface area contributed by atoms with Crippen molar-refractivity contribution in [3.63, 3.8) is 0 Å². The van der Waals surface area contributed by atoms with Gasteiger partial charge in [0.2, 0.25) is 0 Å². The van der Waals surface area contributed by atoms with E-state index in [0.717, 1.165) is 12.9 Å². The maximum atomic E-state index is 10.6. The van der Waals surface area contributed by atoms with Crippen LogP contribution in [0.5, 0.6) is 0 Å². The van der Waals surface area contributed by atoms with E-state index in [4.69, 9.17) is 4.84 Å². The van der Waals surface area contributed by atoms with E-state index in [1.165, 1.54) is 4.68 Å². The summed E-state index contributed by atoms with van der Waals surface area (Å²) >= 11 is 0. The topological polar surface area (TPSA) is 85.6 Å². The van der Waals surface area contributed by atoms with Crippen molar-refractivity contribution in [2.45, 2.75) is 58.8 Å². The Bertz CT molecular complexity index is 436. The molecule has 0 aromatic carbocycles. The summed E-state index contributed by atoms with van der Waals surface area (Å²) in [5, 5.41) is 14.0. The van der Waals surface area contributed by atoms with E-state index in [-0.39, 0.29) is 6.04 Å². The number of nitrogens with zero attached hydrogens (tertiary/aromatic N) is 2. The van der Waals surface area contributed by atoms with Gasteiger partial charge in [-0.05, 0) is 41.5 Å². The highest BCUT2D eigenvalue weighted by Crippen LogP contribution is 2.25. The quantitative estimate of drug-likeness (QED) is 0.592. The lowest BCUT2D eigenvalue weighted by Crippen LogP contribution is -2.48. The van der Waals surface area contributed by atoms with Crippen molar-refractivity contribution in [2.24, 2.45) is 0 Å². The molecule has 1 atom stereocenters. The molecule has 1 heterocycles. The van der Waals surface area contributed by atoms with E-state index in [1.54, 1.807) is 54.1 Å². The van der Waals surface area contributed by atoms with Crippen molar-refractivity contribution in [3.8, 4) is 0 Å². The fraction of sp³-hybridized carbons (Fsp3) is 0.733. The Balaban J connectivity index is 0.000000980. The van der Waals surface area contributed by atoms with Gasteiger partial charge in [0.1, 0.15) is 17.9 Å². The van der Waals surface area contributed by atoms with Crippen molar-refractivity contribution in [1.29, 1.82) is 0 Å². The molecule has 7 nitrogen and oxygen atoms in total. The van der Waals surface area contributed by atoms with E-state index in [2.05, 4.69) is 15.3 Å². The maximum Gasteiger partial charge on any atom is 0.144 e. The number of carbonyl (C=O) groups is 1. The molecule has 1 rings (SSSR count). The van der Waals surface area contributed by atoms with Crippen molar-refractivity contribution in [1.82, 2.24) is 9.78 Å². The third kappa shape index (κ3) is 6.55. The molecule has 0 aliphatic carbocycles. The summed E-state index contributed by atoms with van der Waals surface area (Å²) in [6.07, 6.45) is 4.03. The van der Waals surface area contributed by atoms with Gasteiger partial charge in [-0.15, -0.1) is 0 Å². The molecule has 0 bridgehead atoms. The number of aldehydes is 1. The second-order valence-electron chi connectivity index (χ2n) is 5.94. The molecule has 1 aromatic heterocycles. The number of hydrogen-bond acceptors (Lipinski definition) is 6. The fourth-order valence-electron chi connectivity index (χ4n) is 0.987. The van der Waals surface area contributed by atoms with Crippen LogP contribution in [0, 0.1) is 0 Å². The highest BCUT2D eigenvalue weighted by Gasteiger charge is 2.37. The van der Waals surface area contributed by atoms with Crippen LogP contribution >= 0.6 is 0 Å². The number of anilines is 1. The molecule has 1 unspecified atom stereocenters. The van der Waals surface area contributed by atoms with Gasteiger partial charge >= 0.3 is 0 Å². The number of carbonyl (C=O) groups excluding carboxylic acids is 1. The summed E-state index contributed by atoms with van der Waals surface area (Å²) in [5.41, 5.74) is 1.59. The lowest BCUT2D eigenvalue weighted by Gasteiger charge is -2.36. The standard InChI is InChI=1S/C12H21N3O3.C3H8O/c1-9(8-16)15-7-10(6-13-15)14-18-12(4,5)11(2,3)17;1-3-4-2/h6-9,14,17H,1-5H3;3H2,1-2H3. The zero-order chi connectivity index (χ0) is 17.4. The molecule has 0 fully saturated rings. The van der Waals surface area contributed by atoms with Gasteiger partial charge in [0.15, 0.2) is 0 Å². The molecular weight excluding hydrogens is 286 g/mol. The molecule has 0 saturated heterocycles. The van der Waals surface area contributed by atoms with Crippen LogP contribution < -0.4 is 5.48 Å². The van der Waals surface area contributed by atoms with Gasteiger partial charge in [0, 0.05) is 13.7 Å². The highest BCUT2D eigenvalue weighted by molar-refractivity contribution is 5.55. The molecule has 0 aliphatic rings. The number of nitrogens with one attached hydrogen (secondary N) is 1. The minimum absolute atomic E-state index is 0.317. The van der Waals surface area contributed by atoms with Crippen molar-refractivity contribution in [2.75, 3.05) is 19.2 Å². The van der Waals surface area contributed by atoms with Crippen LogP contribution in [0.3, 0.4) is 0 Å². The average molecular weight is 315 g/mol. The molecule has 1 aromatic rings. The SMILES string of the molecule is CC(C=O)n1cc(NOC(C)(C)C(C)(C)O)cn1.CCOC. The van der Waals surface area contributed by atoms with E-state index >= 15 is 0 Å². The van der Waals surface area contributed by atoms with Crippen molar-refractivity contribution >= 4 is 12.0 Å². The second-order valence-corrected chi connectivity index (χ2v) is 5.94. The average Bonchev–Trinajstić information content (AvgIpc) is 2.92. The van der Waals surface area contributed by atoms with Crippen LogP contribution in [-0.2, 0) is 14.4 Å². The molecular formula is C15H29N3O4. The summed E-state index contributed by atoms with van der Waals surface area (Å²) in [6.45, 7) is 11.4. The van der Waals surface area contributed by atoms with E-state index in [0.29, 0.717) is 5.69 Å². The zero-order valence-electron chi connectivity index (χ0n) is 14.6. The summed E-state index contributed by atoms with van der Waals surface area (Å²) in [5.74, 6) is 0. The predicted molar refractivity (Wildman–Crippen MR) is 85.6 cm³/mol. The van der Waals surface area contributed by atoms with E-state index < -0.39 is 11.2 Å². The van der Waals surface area contributed by atoms with Gasteiger partial charge in [0.05, 0.1) is 23.7 Å². The largest absolute Gasteiger partial charge is 0.387 e. The Morgan fingerprint density at radius 1 is 1.45 bits per heavy atom. The Hall–Kier alpha value is -1.44. The first kappa shape index (κ1) is 20.6. The third-order valence-corrected chi connectivity index (χ3v) is 3.40. The van der Waals surface area contributed by atoms with Gasteiger partial charge in [-0.2, -0.15) is 5.10 Å². The molecule has 0 aliphatic heterocycles. The van der Waals surface area contributed by atoms with Crippen LogP contribution in [0.1, 0.15) is 47.6 Å². The molecule has 7 heteroatoms. The first-order valence-electron chi connectivity index (χ1n) is 7.23. The van der Waals surface area contributed by atoms with Crippen LogP contribution in [0.25, 0.3) is 0 Å². The Morgan fingerprint density at radius 3 is 2.41 bits per heavy atom. The fourth-order valence-corrected chi connectivity index (χ4v) is 0.987. The number of aliphatic hydroxyl groups is 1. The first-order chi connectivity index (χ1) is 10.1. The second kappa shape index (κ2) is 8.87. The van der Waals surface area contributed by atoms with Crippen LogP contribution in [0.2, 0.25) is 0 Å². The molecule has 2 N–H and O–H groups in total. The zero-order valence-corrected chi connectivity index (χ0v) is 14.6. The Labute approximate surface area is 132 Å². The molecule has 128 valence electrons. The van der Waals surface area contributed by atoms with Gasteiger partial charge in [-0.25, -0.2) is 0 Å². The Kier molecular flexibility index (Phi) is 8.29. The number of ether oxygens (including phenoxy) is 1. The number of rotatable bonds is 7.